The van der Waals surface area contributed by atoms with Gasteiger partial charge in [-0.05, 0) is 39.0 Å². The summed E-state index contributed by atoms with van der Waals surface area (Å²) < 4.78 is 0. The normalized spacial score (nSPS) is 23.6. The smallest absolute Gasteiger partial charge is 0.331 e. The molecule has 21 heavy (non-hydrogen) atoms. The van der Waals surface area contributed by atoms with Crippen LogP contribution >= 0.6 is 0 Å². The van der Waals surface area contributed by atoms with Crippen molar-refractivity contribution in [1.82, 2.24) is 10.6 Å². The fourth-order valence-electron chi connectivity index (χ4n) is 2.38. The van der Waals surface area contributed by atoms with Gasteiger partial charge in [-0.2, -0.15) is 0 Å². The molecular weight excluding hydrogens is 272 g/mol. The second kappa shape index (κ2) is 7.81. The summed E-state index contributed by atoms with van der Waals surface area (Å²) >= 11 is 0. The van der Waals surface area contributed by atoms with E-state index in [4.69, 9.17) is 5.11 Å². The molecule has 1 aliphatic carbocycles. The Morgan fingerprint density at radius 1 is 1.00 bits per heavy atom. The molecule has 1 rings (SSSR count). The number of hydrogen-bond acceptors (Lipinski definition) is 3. The van der Waals surface area contributed by atoms with Crippen LogP contribution in [-0.4, -0.2) is 29.1 Å². The van der Waals surface area contributed by atoms with Gasteiger partial charge in [-0.25, -0.2) is 9.59 Å². The molecule has 0 saturated heterocycles. The third-order valence-corrected chi connectivity index (χ3v) is 4.04. The molecule has 0 aromatic carbocycles. The number of imide groups is 1. The lowest BCUT2D eigenvalue weighted by atomic mass is 10.0. The Hall–Kier alpha value is -1.85. The first-order chi connectivity index (χ1) is 9.81. The lowest BCUT2D eigenvalue weighted by Crippen LogP contribution is -2.44. The number of urea groups is 1. The average molecular weight is 296 g/mol. The Labute approximate surface area is 125 Å². The first kappa shape index (κ1) is 17.2. The van der Waals surface area contributed by atoms with Gasteiger partial charge in [-0.15, -0.1) is 0 Å². The molecule has 6 heteroatoms. The Morgan fingerprint density at radius 3 is 2.29 bits per heavy atom. The summed E-state index contributed by atoms with van der Waals surface area (Å²) in [6, 6.07) is -0.482. The molecule has 3 N–H and O–H groups in total. The van der Waals surface area contributed by atoms with Crippen molar-refractivity contribution in [2.24, 2.45) is 5.92 Å². The molecule has 0 heterocycles. The molecule has 118 valence electrons. The number of amides is 3. The Balaban J connectivity index is 2.52. The van der Waals surface area contributed by atoms with Gasteiger partial charge in [0.25, 0.3) is 5.91 Å². The van der Waals surface area contributed by atoms with Gasteiger partial charge in [0.2, 0.25) is 0 Å². The lowest BCUT2D eigenvalue weighted by molar-refractivity contribution is -0.133. The topological polar surface area (TPSA) is 95.5 Å². The van der Waals surface area contributed by atoms with E-state index in [1.807, 2.05) is 0 Å². The number of rotatable bonds is 3. The van der Waals surface area contributed by atoms with Crippen LogP contribution in [0.2, 0.25) is 0 Å². The molecule has 6 nitrogen and oxygen atoms in total. The maximum Gasteiger partial charge on any atom is 0.331 e. The van der Waals surface area contributed by atoms with E-state index in [1.54, 1.807) is 0 Å². The Kier molecular flexibility index (Phi) is 6.39. The quantitative estimate of drug-likeness (QED) is 0.549. The standard InChI is InChI=1S/C15H24N2O4/c1-9-5-4-6-12(8-7-9)16-15(21)17-13(18)10(2)11(3)14(19)20/h9,12H,4-8H2,1-3H3,(H,19,20)(H2,16,17,18,21). The molecule has 0 aromatic heterocycles. The van der Waals surface area contributed by atoms with E-state index in [0.29, 0.717) is 5.92 Å². The van der Waals surface area contributed by atoms with E-state index in [1.165, 1.54) is 20.3 Å². The molecule has 0 aromatic rings. The maximum atomic E-state index is 11.8. The molecule has 2 unspecified atom stereocenters. The SMILES string of the molecule is CC(C(=O)O)=C(C)C(=O)NC(=O)NC1CCCC(C)CC1. The van der Waals surface area contributed by atoms with Crippen molar-refractivity contribution in [3.05, 3.63) is 11.1 Å². The number of nitrogens with one attached hydrogen (secondary N) is 2. The minimum Gasteiger partial charge on any atom is -0.478 e. The van der Waals surface area contributed by atoms with Crippen LogP contribution in [0.1, 0.15) is 52.9 Å². The van der Waals surface area contributed by atoms with Crippen molar-refractivity contribution in [1.29, 1.82) is 0 Å². The van der Waals surface area contributed by atoms with Crippen LogP contribution < -0.4 is 10.6 Å². The number of carboxylic acids is 1. The van der Waals surface area contributed by atoms with Crippen molar-refractivity contribution >= 4 is 17.9 Å². The van der Waals surface area contributed by atoms with E-state index in [9.17, 15) is 14.4 Å². The third kappa shape index (κ3) is 5.57. The van der Waals surface area contributed by atoms with Gasteiger partial charge < -0.3 is 10.4 Å². The zero-order valence-corrected chi connectivity index (χ0v) is 12.9. The van der Waals surface area contributed by atoms with E-state index in [2.05, 4.69) is 17.6 Å². The highest BCUT2D eigenvalue weighted by Gasteiger charge is 2.20. The molecule has 2 atom stereocenters. The first-order valence-corrected chi connectivity index (χ1v) is 7.33. The molecular formula is C15H24N2O4. The molecule has 1 saturated carbocycles. The van der Waals surface area contributed by atoms with E-state index < -0.39 is 17.9 Å². The summed E-state index contributed by atoms with van der Waals surface area (Å²) in [4.78, 5) is 34.3. The molecule has 0 bridgehead atoms. The molecule has 1 aliphatic rings. The maximum absolute atomic E-state index is 11.8. The monoisotopic (exact) mass is 296 g/mol. The summed E-state index contributed by atoms with van der Waals surface area (Å²) in [5.41, 5.74) is -0.0317. The molecule has 3 amide bonds. The van der Waals surface area contributed by atoms with Gasteiger partial charge in [-0.3, -0.25) is 10.1 Å². The predicted molar refractivity (Wildman–Crippen MR) is 78.7 cm³/mol. The highest BCUT2D eigenvalue weighted by molar-refractivity contribution is 6.07. The van der Waals surface area contributed by atoms with Gasteiger partial charge >= 0.3 is 12.0 Å². The second-order valence-corrected chi connectivity index (χ2v) is 5.79. The highest BCUT2D eigenvalue weighted by Crippen LogP contribution is 2.22. The minimum absolute atomic E-state index is 0.0344. The number of carbonyl (C=O) groups is 3. The number of aliphatic carboxylic acids is 1. The number of hydrogen-bond donors (Lipinski definition) is 3. The van der Waals surface area contributed by atoms with Crippen LogP contribution in [0.15, 0.2) is 11.1 Å². The van der Waals surface area contributed by atoms with Crippen LogP contribution in [0.5, 0.6) is 0 Å². The van der Waals surface area contributed by atoms with Crippen LogP contribution in [0, 0.1) is 5.92 Å². The molecule has 1 fully saturated rings. The van der Waals surface area contributed by atoms with Gasteiger partial charge in [0.15, 0.2) is 0 Å². The van der Waals surface area contributed by atoms with Crippen molar-refractivity contribution in [2.45, 2.75) is 58.9 Å². The van der Waals surface area contributed by atoms with Gasteiger partial charge in [-0.1, -0.05) is 19.8 Å². The summed E-state index contributed by atoms with van der Waals surface area (Å²) in [7, 11) is 0. The molecule has 0 radical (unpaired) electrons. The van der Waals surface area contributed by atoms with E-state index >= 15 is 0 Å². The number of carboxylic acid groups (broad SMARTS) is 1. The van der Waals surface area contributed by atoms with Crippen LogP contribution in [0.4, 0.5) is 4.79 Å². The summed E-state index contributed by atoms with van der Waals surface area (Å²) in [5.74, 6) is -1.17. The van der Waals surface area contributed by atoms with Crippen LogP contribution in [-0.2, 0) is 9.59 Å². The fourth-order valence-corrected chi connectivity index (χ4v) is 2.38. The highest BCUT2D eigenvalue weighted by atomic mass is 16.4. The number of carbonyl (C=O) groups excluding carboxylic acids is 2. The second-order valence-electron chi connectivity index (χ2n) is 5.79. The van der Waals surface area contributed by atoms with Crippen molar-refractivity contribution < 1.29 is 19.5 Å². The molecule has 0 spiro atoms. The first-order valence-electron chi connectivity index (χ1n) is 7.33. The Bertz CT molecular complexity index is 457. The fraction of sp³-hybridized carbons (Fsp3) is 0.667. The van der Waals surface area contributed by atoms with Gasteiger partial charge in [0.1, 0.15) is 0 Å². The minimum atomic E-state index is -1.17. The van der Waals surface area contributed by atoms with Crippen molar-refractivity contribution in [3.63, 3.8) is 0 Å². The van der Waals surface area contributed by atoms with E-state index in [-0.39, 0.29) is 17.2 Å². The third-order valence-electron chi connectivity index (χ3n) is 4.04. The largest absolute Gasteiger partial charge is 0.478 e. The molecule has 0 aliphatic heterocycles. The van der Waals surface area contributed by atoms with Crippen molar-refractivity contribution in [2.75, 3.05) is 0 Å². The van der Waals surface area contributed by atoms with Crippen LogP contribution in [0.3, 0.4) is 0 Å². The van der Waals surface area contributed by atoms with Crippen molar-refractivity contribution in [3.8, 4) is 0 Å². The summed E-state index contributed by atoms with van der Waals surface area (Å²) in [6.07, 6.45) is 5.12. The van der Waals surface area contributed by atoms with Gasteiger partial charge in [0.05, 0.1) is 0 Å². The van der Waals surface area contributed by atoms with E-state index in [0.717, 1.165) is 25.7 Å². The van der Waals surface area contributed by atoms with Gasteiger partial charge in [0, 0.05) is 17.2 Å². The summed E-state index contributed by atoms with van der Waals surface area (Å²) in [6.45, 7) is 4.93. The Morgan fingerprint density at radius 2 is 1.67 bits per heavy atom. The van der Waals surface area contributed by atoms with Crippen LogP contribution in [0.25, 0.3) is 0 Å². The zero-order chi connectivity index (χ0) is 16.0. The summed E-state index contributed by atoms with van der Waals surface area (Å²) in [5, 5.41) is 13.8. The average Bonchev–Trinajstić information content (AvgIpc) is 2.61. The predicted octanol–water partition coefficient (Wildman–Crippen LogP) is 2.20. The lowest BCUT2D eigenvalue weighted by Gasteiger charge is -2.16. The zero-order valence-electron chi connectivity index (χ0n) is 12.9.